The minimum Gasteiger partial charge on any atom is -0.457 e. The number of aliphatic hydroxyl groups is 5. The SMILES string of the molecule is CCCCCCCCCCCCCCCCOC[C@H](COP(=O)(O)OC1C(O)C(O)C(O)[C@@H](O)C1O)OC(=O)CCCCCCCCCC. The van der Waals surface area contributed by atoms with Crippen molar-refractivity contribution in [1.29, 1.82) is 0 Å². The molecule has 13 heteroatoms. The van der Waals surface area contributed by atoms with Gasteiger partial charge >= 0.3 is 13.8 Å². The zero-order chi connectivity index (χ0) is 36.3. The fourth-order valence-corrected chi connectivity index (χ4v) is 7.03. The quantitative estimate of drug-likeness (QED) is 0.0260. The zero-order valence-electron chi connectivity index (χ0n) is 30.5. The second-order valence-electron chi connectivity index (χ2n) is 13.8. The van der Waals surface area contributed by atoms with Crippen LogP contribution in [0.2, 0.25) is 0 Å². The Morgan fingerprint density at radius 2 is 0.959 bits per heavy atom. The van der Waals surface area contributed by atoms with Gasteiger partial charge in [-0.2, -0.15) is 0 Å². The number of carbonyl (C=O) groups is 1. The van der Waals surface area contributed by atoms with Gasteiger partial charge in [-0.15, -0.1) is 0 Å². The molecule has 49 heavy (non-hydrogen) atoms. The smallest absolute Gasteiger partial charge is 0.457 e. The summed E-state index contributed by atoms with van der Waals surface area (Å²) < 4.78 is 33.9. The summed E-state index contributed by atoms with van der Waals surface area (Å²) in [4.78, 5) is 22.9. The first-order valence-corrected chi connectivity index (χ1v) is 20.9. The van der Waals surface area contributed by atoms with Gasteiger partial charge in [-0.3, -0.25) is 13.8 Å². The predicted molar refractivity (Wildman–Crippen MR) is 189 cm³/mol. The summed E-state index contributed by atoms with van der Waals surface area (Å²) >= 11 is 0. The maximum Gasteiger partial charge on any atom is 0.472 e. The zero-order valence-corrected chi connectivity index (χ0v) is 31.4. The Balaban J connectivity index is 2.44. The van der Waals surface area contributed by atoms with Gasteiger partial charge in [0.2, 0.25) is 0 Å². The molecule has 0 bridgehead atoms. The largest absolute Gasteiger partial charge is 0.472 e. The average molecular weight is 727 g/mol. The van der Waals surface area contributed by atoms with Crippen LogP contribution in [0.5, 0.6) is 0 Å². The number of rotatable bonds is 32. The van der Waals surface area contributed by atoms with Crippen LogP contribution in [0.4, 0.5) is 0 Å². The van der Waals surface area contributed by atoms with Crippen LogP contribution in [0.1, 0.15) is 162 Å². The molecule has 0 amide bonds. The van der Waals surface area contributed by atoms with E-state index in [1.54, 1.807) is 0 Å². The highest BCUT2D eigenvalue weighted by Gasteiger charge is 2.51. The summed E-state index contributed by atoms with van der Waals surface area (Å²) in [5, 5.41) is 49.9. The number of phosphoric ester groups is 1. The van der Waals surface area contributed by atoms with Gasteiger partial charge in [0.25, 0.3) is 0 Å². The number of carbonyl (C=O) groups excluding carboxylic acids is 1. The van der Waals surface area contributed by atoms with Crippen LogP contribution in [0.15, 0.2) is 0 Å². The summed E-state index contributed by atoms with van der Waals surface area (Å²) in [5.41, 5.74) is 0. The molecule has 1 aliphatic carbocycles. The molecule has 0 heterocycles. The van der Waals surface area contributed by atoms with Crippen LogP contribution >= 0.6 is 7.82 Å². The topological polar surface area (TPSA) is 192 Å². The van der Waals surface area contributed by atoms with Crippen molar-refractivity contribution in [1.82, 2.24) is 0 Å². The molecule has 6 unspecified atom stereocenters. The fraction of sp³-hybridized carbons (Fsp3) is 0.972. The molecule has 0 aromatic rings. The van der Waals surface area contributed by atoms with E-state index in [4.69, 9.17) is 18.5 Å². The molecule has 0 aromatic carbocycles. The first-order chi connectivity index (χ1) is 23.5. The van der Waals surface area contributed by atoms with Crippen molar-refractivity contribution < 1.29 is 58.3 Å². The van der Waals surface area contributed by atoms with E-state index in [1.165, 1.54) is 96.3 Å². The third kappa shape index (κ3) is 22.1. The van der Waals surface area contributed by atoms with Crippen LogP contribution in [0, 0.1) is 0 Å². The molecule has 1 saturated carbocycles. The lowest BCUT2D eigenvalue weighted by Crippen LogP contribution is -2.64. The number of phosphoric acid groups is 1. The Labute approximate surface area is 295 Å². The predicted octanol–water partition coefficient (Wildman–Crippen LogP) is 6.25. The summed E-state index contributed by atoms with van der Waals surface area (Å²) in [7, 11) is -4.99. The van der Waals surface area contributed by atoms with Crippen molar-refractivity contribution >= 4 is 13.8 Å². The molecule has 1 fully saturated rings. The third-order valence-corrected chi connectivity index (χ3v) is 10.2. The summed E-state index contributed by atoms with van der Waals surface area (Å²) in [6.45, 7) is 4.21. The number of esters is 1. The van der Waals surface area contributed by atoms with Crippen LogP contribution < -0.4 is 0 Å². The van der Waals surface area contributed by atoms with E-state index in [0.29, 0.717) is 13.0 Å². The van der Waals surface area contributed by atoms with E-state index in [1.807, 2.05) is 0 Å². The Kier molecular flexibility index (Phi) is 27.3. The van der Waals surface area contributed by atoms with E-state index in [9.17, 15) is 39.8 Å². The second kappa shape index (κ2) is 28.9. The van der Waals surface area contributed by atoms with Crippen LogP contribution in [0.3, 0.4) is 0 Å². The number of hydrogen-bond donors (Lipinski definition) is 6. The van der Waals surface area contributed by atoms with Gasteiger partial charge in [-0.05, 0) is 12.8 Å². The summed E-state index contributed by atoms with van der Waals surface area (Å²) in [6.07, 6.45) is 13.4. The van der Waals surface area contributed by atoms with E-state index < -0.39 is 63.1 Å². The monoisotopic (exact) mass is 726 g/mol. The van der Waals surface area contributed by atoms with Crippen molar-refractivity contribution in [3.05, 3.63) is 0 Å². The Morgan fingerprint density at radius 1 is 0.571 bits per heavy atom. The molecule has 0 radical (unpaired) electrons. The molecule has 1 aliphatic rings. The minimum absolute atomic E-state index is 0.0695. The van der Waals surface area contributed by atoms with Gasteiger partial charge in [0, 0.05) is 13.0 Å². The lowest BCUT2D eigenvalue weighted by Gasteiger charge is -2.41. The molecule has 8 atom stereocenters. The van der Waals surface area contributed by atoms with Gasteiger partial charge in [0.1, 0.15) is 42.7 Å². The molecule has 0 aromatic heterocycles. The molecular weight excluding hydrogens is 655 g/mol. The Hall–Kier alpha value is -0.660. The lowest BCUT2D eigenvalue weighted by atomic mass is 9.85. The van der Waals surface area contributed by atoms with E-state index in [0.717, 1.165) is 38.5 Å². The van der Waals surface area contributed by atoms with Gasteiger partial charge in [0.05, 0.1) is 13.2 Å². The maximum absolute atomic E-state index is 12.7. The van der Waals surface area contributed by atoms with Gasteiger partial charge in [-0.1, -0.05) is 142 Å². The highest BCUT2D eigenvalue weighted by Crippen LogP contribution is 2.47. The number of ether oxygens (including phenoxy) is 2. The second-order valence-corrected chi connectivity index (χ2v) is 15.2. The highest BCUT2D eigenvalue weighted by molar-refractivity contribution is 7.47. The van der Waals surface area contributed by atoms with Crippen LogP contribution in [-0.2, 0) is 27.9 Å². The van der Waals surface area contributed by atoms with Gasteiger partial charge in [0.15, 0.2) is 0 Å². The molecule has 0 saturated heterocycles. The third-order valence-electron chi connectivity index (χ3n) is 9.23. The van der Waals surface area contributed by atoms with Crippen molar-refractivity contribution in [3.63, 3.8) is 0 Å². The molecule has 6 N–H and O–H groups in total. The van der Waals surface area contributed by atoms with Crippen LogP contribution in [-0.4, -0.2) is 98.9 Å². The van der Waals surface area contributed by atoms with E-state index in [2.05, 4.69) is 13.8 Å². The average Bonchev–Trinajstić information content (AvgIpc) is 3.08. The number of unbranched alkanes of at least 4 members (excludes halogenated alkanes) is 20. The van der Waals surface area contributed by atoms with Crippen molar-refractivity contribution in [2.75, 3.05) is 19.8 Å². The fourth-order valence-electron chi connectivity index (χ4n) is 6.06. The minimum atomic E-state index is -4.99. The standard InChI is InChI=1S/C36H71O12P/c1-3-5-7-9-11-13-14-15-16-17-18-20-22-24-26-45-27-29(47-30(37)25-23-21-19-12-10-8-6-4-2)28-46-49(43,44)48-36-34(41)32(39)31(38)33(40)35(36)42/h29,31-36,38-42H,3-28H2,1-2H3,(H,43,44)/t29-,31?,32-,33?,34?,35?,36?/m1/s1. The molecule has 292 valence electrons. The summed E-state index contributed by atoms with van der Waals surface area (Å²) in [6, 6.07) is 0. The molecular formula is C36H71O12P. The van der Waals surface area contributed by atoms with Crippen molar-refractivity contribution in [3.8, 4) is 0 Å². The molecule has 0 aliphatic heterocycles. The molecule has 1 rings (SSSR count). The van der Waals surface area contributed by atoms with Gasteiger partial charge in [-0.25, -0.2) is 4.57 Å². The first kappa shape index (κ1) is 46.4. The lowest BCUT2D eigenvalue weighted by molar-refractivity contribution is -0.220. The van der Waals surface area contributed by atoms with Crippen LogP contribution in [0.25, 0.3) is 0 Å². The molecule has 0 spiro atoms. The number of hydrogen-bond acceptors (Lipinski definition) is 11. The van der Waals surface area contributed by atoms with Crippen molar-refractivity contribution in [2.24, 2.45) is 0 Å². The first-order valence-electron chi connectivity index (χ1n) is 19.4. The maximum atomic E-state index is 12.7. The van der Waals surface area contributed by atoms with E-state index in [-0.39, 0.29) is 13.0 Å². The molecule has 12 nitrogen and oxygen atoms in total. The summed E-state index contributed by atoms with van der Waals surface area (Å²) in [5.74, 6) is -0.480. The normalized spacial score (nSPS) is 24.5. The highest BCUT2D eigenvalue weighted by atomic mass is 31.2. The number of aliphatic hydroxyl groups excluding tert-OH is 5. The van der Waals surface area contributed by atoms with Gasteiger partial charge < -0.3 is 39.9 Å². The van der Waals surface area contributed by atoms with E-state index >= 15 is 0 Å². The Morgan fingerprint density at radius 3 is 1.41 bits per heavy atom. The van der Waals surface area contributed by atoms with Crippen molar-refractivity contribution in [2.45, 2.75) is 204 Å². The Bertz CT molecular complexity index is 833.